The molecule has 0 bridgehead atoms. The Bertz CT molecular complexity index is 726. The molecular weight excluding hydrogens is 330 g/mol. The first-order valence-corrected chi connectivity index (χ1v) is 8.27. The Labute approximate surface area is 153 Å². The number of carbonyl (C=O) groups excluding carboxylic acids is 2. The number of amides is 2. The summed E-state index contributed by atoms with van der Waals surface area (Å²) in [6.07, 6.45) is 5.05. The third-order valence-corrected chi connectivity index (χ3v) is 3.58. The fraction of sp³-hybridized carbons (Fsp3) is 0.200. The van der Waals surface area contributed by atoms with E-state index in [-0.39, 0.29) is 18.4 Å². The minimum Gasteiger partial charge on any atom is -0.467 e. The average Bonchev–Trinajstić information content (AvgIpc) is 3.14. The van der Waals surface area contributed by atoms with Crippen LogP contribution in [0.15, 0.2) is 72.4 Å². The summed E-state index contributed by atoms with van der Waals surface area (Å²) in [7, 11) is 0. The molecule has 26 heavy (non-hydrogen) atoms. The summed E-state index contributed by atoms with van der Waals surface area (Å²) in [5.74, 6) is 0.344. The van der Waals surface area contributed by atoms with Crippen LogP contribution in [0.1, 0.15) is 16.1 Å². The molecule has 0 saturated heterocycles. The molecule has 0 aliphatic carbocycles. The monoisotopic (exact) mass is 353 g/mol. The lowest BCUT2D eigenvalue weighted by Crippen LogP contribution is -2.33. The first kappa shape index (κ1) is 19.2. The number of furan rings is 1. The maximum absolute atomic E-state index is 12.1. The van der Waals surface area contributed by atoms with E-state index in [0.717, 1.165) is 0 Å². The average molecular weight is 353 g/mol. The lowest BCUT2D eigenvalue weighted by Gasteiger charge is -2.18. The first-order chi connectivity index (χ1) is 12.6. The molecule has 0 spiro atoms. The molecule has 0 fully saturated rings. The van der Waals surface area contributed by atoms with Crippen molar-refractivity contribution in [3.8, 4) is 0 Å². The third kappa shape index (κ3) is 6.07. The summed E-state index contributed by atoms with van der Waals surface area (Å²) in [4.78, 5) is 26.1. The Kier molecular flexibility index (Phi) is 7.39. The molecule has 6 heteroatoms. The van der Waals surface area contributed by atoms with Gasteiger partial charge in [0.05, 0.1) is 19.4 Å². The van der Waals surface area contributed by atoms with Crippen LogP contribution in [0.4, 0.5) is 5.69 Å². The second kappa shape index (κ2) is 10.0. The molecule has 0 saturated carbocycles. The summed E-state index contributed by atoms with van der Waals surface area (Å²) in [6.45, 7) is 9.14. The van der Waals surface area contributed by atoms with E-state index in [0.29, 0.717) is 36.6 Å². The molecule has 2 N–H and O–H groups in total. The highest BCUT2D eigenvalue weighted by Crippen LogP contribution is 2.10. The zero-order valence-electron chi connectivity index (χ0n) is 14.6. The van der Waals surface area contributed by atoms with E-state index in [9.17, 15) is 9.59 Å². The van der Waals surface area contributed by atoms with Crippen molar-refractivity contribution in [1.82, 2.24) is 10.2 Å². The molecule has 2 aromatic rings. The first-order valence-electron chi connectivity index (χ1n) is 8.27. The van der Waals surface area contributed by atoms with Crippen molar-refractivity contribution < 1.29 is 14.0 Å². The van der Waals surface area contributed by atoms with Gasteiger partial charge in [0.2, 0.25) is 5.91 Å². The van der Waals surface area contributed by atoms with Crippen molar-refractivity contribution in [3.63, 3.8) is 0 Å². The van der Waals surface area contributed by atoms with Crippen LogP contribution in [-0.2, 0) is 11.3 Å². The molecular formula is C20H23N3O3. The van der Waals surface area contributed by atoms with Crippen molar-refractivity contribution in [2.45, 2.75) is 6.54 Å². The van der Waals surface area contributed by atoms with E-state index in [2.05, 4.69) is 23.8 Å². The Morgan fingerprint density at radius 2 is 1.77 bits per heavy atom. The van der Waals surface area contributed by atoms with Crippen molar-refractivity contribution in [3.05, 3.63) is 79.3 Å². The smallest absolute Gasteiger partial charge is 0.251 e. The van der Waals surface area contributed by atoms with Crippen LogP contribution in [-0.4, -0.2) is 36.3 Å². The third-order valence-electron chi connectivity index (χ3n) is 3.58. The number of nitrogens with zero attached hydrogens (tertiary/aromatic N) is 1. The Hall–Kier alpha value is -3.12. The standard InChI is InChI=1S/C20H23N3O3/c1-3-11-23(12-4-2)15-19(24)22-17-9-7-16(8-10-17)20(25)21-14-18-6-5-13-26-18/h3-10,13H,1-2,11-12,14-15H2,(H,21,25)(H,22,24). The molecule has 2 amide bonds. The van der Waals surface area contributed by atoms with Gasteiger partial charge in [-0.3, -0.25) is 14.5 Å². The summed E-state index contributed by atoms with van der Waals surface area (Å²) in [5, 5.41) is 5.58. The number of rotatable bonds is 10. The number of hydrogen-bond acceptors (Lipinski definition) is 4. The molecule has 1 aromatic carbocycles. The minimum atomic E-state index is -0.206. The highest BCUT2D eigenvalue weighted by atomic mass is 16.3. The highest BCUT2D eigenvalue weighted by molar-refractivity contribution is 5.96. The molecule has 0 unspecified atom stereocenters. The van der Waals surface area contributed by atoms with Crippen LogP contribution in [0.2, 0.25) is 0 Å². The number of carbonyl (C=O) groups is 2. The van der Waals surface area contributed by atoms with Gasteiger partial charge in [-0.1, -0.05) is 12.2 Å². The van der Waals surface area contributed by atoms with Crippen molar-refractivity contribution in [2.75, 3.05) is 25.0 Å². The molecule has 0 aliphatic heterocycles. The summed E-state index contributed by atoms with van der Waals surface area (Å²) < 4.78 is 5.17. The second-order valence-electron chi connectivity index (χ2n) is 5.66. The van der Waals surface area contributed by atoms with Gasteiger partial charge in [-0.05, 0) is 36.4 Å². The lowest BCUT2D eigenvalue weighted by atomic mass is 10.2. The van der Waals surface area contributed by atoms with Crippen LogP contribution in [0.25, 0.3) is 0 Å². The Morgan fingerprint density at radius 1 is 1.08 bits per heavy atom. The molecule has 1 heterocycles. The molecule has 0 atom stereocenters. The van der Waals surface area contributed by atoms with Gasteiger partial charge >= 0.3 is 0 Å². The SMILES string of the molecule is C=CCN(CC=C)CC(=O)Nc1ccc(C(=O)NCc2ccco2)cc1. The van der Waals surface area contributed by atoms with E-state index in [1.165, 1.54) is 0 Å². The van der Waals surface area contributed by atoms with E-state index >= 15 is 0 Å². The van der Waals surface area contributed by atoms with Gasteiger partial charge in [0.25, 0.3) is 5.91 Å². The topological polar surface area (TPSA) is 74.6 Å². The number of anilines is 1. The van der Waals surface area contributed by atoms with Gasteiger partial charge in [-0.15, -0.1) is 13.2 Å². The fourth-order valence-corrected chi connectivity index (χ4v) is 2.36. The van der Waals surface area contributed by atoms with Crippen LogP contribution in [0, 0.1) is 0 Å². The molecule has 2 rings (SSSR count). The van der Waals surface area contributed by atoms with Gasteiger partial charge in [-0.2, -0.15) is 0 Å². The molecule has 0 aliphatic rings. The predicted octanol–water partition coefficient (Wildman–Crippen LogP) is 2.82. The zero-order chi connectivity index (χ0) is 18.8. The Balaban J connectivity index is 1.85. The fourth-order valence-electron chi connectivity index (χ4n) is 2.36. The summed E-state index contributed by atoms with van der Waals surface area (Å²) >= 11 is 0. The van der Waals surface area contributed by atoms with E-state index in [1.807, 2.05) is 4.90 Å². The number of benzene rings is 1. The van der Waals surface area contributed by atoms with E-state index in [1.54, 1.807) is 54.8 Å². The summed E-state index contributed by atoms with van der Waals surface area (Å²) in [6, 6.07) is 10.3. The Morgan fingerprint density at radius 3 is 2.35 bits per heavy atom. The van der Waals surface area contributed by atoms with Gasteiger partial charge in [0, 0.05) is 24.3 Å². The quantitative estimate of drug-likeness (QED) is 0.644. The maximum Gasteiger partial charge on any atom is 0.251 e. The second-order valence-corrected chi connectivity index (χ2v) is 5.66. The number of hydrogen-bond donors (Lipinski definition) is 2. The van der Waals surface area contributed by atoms with Gasteiger partial charge < -0.3 is 15.1 Å². The molecule has 6 nitrogen and oxygen atoms in total. The normalized spacial score (nSPS) is 10.3. The van der Waals surface area contributed by atoms with E-state index < -0.39 is 0 Å². The lowest BCUT2D eigenvalue weighted by molar-refractivity contribution is -0.117. The molecule has 1 aromatic heterocycles. The minimum absolute atomic E-state index is 0.135. The van der Waals surface area contributed by atoms with Crippen molar-refractivity contribution >= 4 is 17.5 Å². The van der Waals surface area contributed by atoms with Crippen LogP contribution >= 0.6 is 0 Å². The van der Waals surface area contributed by atoms with Crippen LogP contribution in [0.3, 0.4) is 0 Å². The summed E-state index contributed by atoms with van der Waals surface area (Å²) in [5.41, 5.74) is 1.14. The largest absolute Gasteiger partial charge is 0.467 e. The maximum atomic E-state index is 12.1. The number of nitrogens with one attached hydrogen (secondary N) is 2. The van der Waals surface area contributed by atoms with Crippen LogP contribution in [0.5, 0.6) is 0 Å². The van der Waals surface area contributed by atoms with Gasteiger partial charge in [0.1, 0.15) is 5.76 Å². The van der Waals surface area contributed by atoms with Crippen LogP contribution < -0.4 is 10.6 Å². The van der Waals surface area contributed by atoms with Crippen molar-refractivity contribution in [1.29, 1.82) is 0 Å². The van der Waals surface area contributed by atoms with Gasteiger partial charge in [-0.25, -0.2) is 0 Å². The van der Waals surface area contributed by atoms with E-state index in [4.69, 9.17) is 4.42 Å². The highest BCUT2D eigenvalue weighted by Gasteiger charge is 2.10. The zero-order valence-corrected chi connectivity index (χ0v) is 14.6. The van der Waals surface area contributed by atoms with Gasteiger partial charge in [0.15, 0.2) is 0 Å². The predicted molar refractivity (Wildman–Crippen MR) is 102 cm³/mol. The molecule has 136 valence electrons. The molecule has 0 radical (unpaired) electrons. The van der Waals surface area contributed by atoms with Crippen molar-refractivity contribution in [2.24, 2.45) is 0 Å².